The first-order valence-electron chi connectivity index (χ1n) is 4.82. The Hall–Kier alpha value is -1.75. The van der Waals surface area contributed by atoms with Crippen LogP contribution in [0.15, 0.2) is 23.6 Å². The number of aryl methyl sites for hydroxylation is 2. The first-order valence-corrected chi connectivity index (χ1v) is 5.70. The molecule has 4 nitrogen and oxygen atoms in total. The molecule has 2 rings (SSSR count). The van der Waals surface area contributed by atoms with Gasteiger partial charge in [0.1, 0.15) is 5.69 Å². The van der Waals surface area contributed by atoms with E-state index < -0.39 is 0 Å². The van der Waals surface area contributed by atoms with Crippen LogP contribution < -0.4 is 5.32 Å². The van der Waals surface area contributed by atoms with Crippen molar-refractivity contribution in [3.05, 3.63) is 40.7 Å². The third-order valence-corrected chi connectivity index (χ3v) is 2.84. The van der Waals surface area contributed by atoms with Gasteiger partial charge in [-0.3, -0.25) is 10.1 Å². The smallest absolute Gasteiger partial charge is 0.276 e. The summed E-state index contributed by atoms with van der Waals surface area (Å²) in [7, 11) is 0. The highest BCUT2D eigenvalue weighted by Gasteiger charge is 2.09. The molecule has 0 fully saturated rings. The Morgan fingerprint density at radius 3 is 2.69 bits per heavy atom. The summed E-state index contributed by atoms with van der Waals surface area (Å²) >= 11 is 1.41. The van der Waals surface area contributed by atoms with Crippen LogP contribution in [0.5, 0.6) is 0 Å². The molecule has 2 aromatic heterocycles. The highest BCUT2D eigenvalue weighted by molar-refractivity contribution is 7.13. The molecule has 0 saturated carbocycles. The lowest BCUT2D eigenvalue weighted by Crippen LogP contribution is -2.13. The van der Waals surface area contributed by atoms with Crippen LogP contribution in [0.1, 0.15) is 21.9 Å². The number of aromatic nitrogens is 2. The van der Waals surface area contributed by atoms with Crippen molar-refractivity contribution in [1.29, 1.82) is 0 Å². The summed E-state index contributed by atoms with van der Waals surface area (Å²) in [6.45, 7) is 3.74. The molecule has 5 heteroatoms. The summed E-state index contributed by atoms with van der Waals surface area (Å²) in [6.07, 6.45) is 0. The van der Waals surface area contributed by atoms with Gasteiger partial charge in [0.05, 0.1) is 5.69 Å². The zero-order valence-corrected chi connectivity index (χ0v) is 9.84. The molecule has 0 aromatic carbocycles. The maximum atomic E-state index is 11.8. The van der Waals surface area contributed by atoms with Crippen LogP contribution in [-0.4, -0.2) is 15.9 Å². The van der Waals surface area contributed by atoms with Crippen molar-refractivity contribution < 1.29 is 4.79 Å². The van der Waals surface area contributed by atoms with Crippen molar-refractivity contribution in [2.24, 2.45) is 0 Å². The Bertz CT molecular complexity index is 521. The van der Waals surface area contributed by atoms with E-state index >= 15 is 0 Å². The lowest BCUT2D eigenvalue weighted by Gasteiger charge is -2.01. The fourth-order valence-corrected chi connectivity index (χ4v) is 1.93. The fourth-order valence-electron chi connectivity index (χ4n) is 1.24. The Morgan fingerprint density at radius 2 is 2.06 bits per heavy atom. The summed E-state index contributed by atoms with van der Waals surface area (Å²) in [4.78, 5) is 20.1. The van der Waals surface area contributed by atoms with Gasteiger partial charge in [-0.15, -0.1) is 11.3 Å². The van der Waals surface area contributed by atoms with Gasteiger partial charge >= 0.3 is 0 Å². The predicted octanol–water partition coefficient (Wildman–Crippen LogP) is 2.41. The number of hydrogen-bond acceptors (Lipinski definition) is 4. The van der Waals surface area contributed by atoms with Gasteiger partial charge in [-0.25, -0.2) is 9.97 Å². The van der Waals surface area contributed by atoms with Gasteiger partial charge in [0.15, 0.2) is 5.13 Å². The third kappa shape index (κ3) is 2.43. The van der Waals surface area contributed by atoms with Crippen molar-refractivity contribution in [1.82, 2.24) is 9.97 Å². The van der Waals surface area contributed by atoms with Crippen LogP contribution in [0.4, 0.5) is 5.13 Å². The number of carbonyl (C=O) groups excluding carboxylic acids is 1. The fraction of sp³-hybridized carbons (Fsp3) is 0.182. The molecule has 0 saturated heterocycles. The number of rotatable bonds is 2. The van der Waals surface area contributed by atoms with E-state index in [1.54, 1.807) is 6.07 Å². The van der Waals surface area contributed by atoms with Gasteiger partial charge < -0.3 is 0 Å². The van der Waals surface area contributed by atoms with E-state index in [4.69, 9.17) is 0 Å². The molecule has 2 heterocycles. The van der Waals surface area contributed by atoms with Crippen LogP contribution >= 0.6 is 11.3 Å². The van der Waals surface area contributed by atoms with E-state index in [0.717, 1.165) is 11.4 Å². The van der Waals surface area contributed by atoms with E-state index in [-0.39, 0.29) is 5.91 Å². The number of carbonyl (C=O) groups is 1. The van der Waals surface area contributed by atoms with Crippen molar-refractivity contribution >= 4 is 22.4 Å². The van der Waals surface area contributed by atoms with Gasteiger partial charge in [-0.1, -0.05) is 6.07 Å². The number of anilines is 1. The normalized spacial score (nSPS) is 10.1. The molecule has 16 heavy (non-hydrogen) atoms. The Balaban J connectivity index is 2.14. The molecule has 0 unspecified atom stereocenters. The molecular weight excluding hydrogens is 222 g/mol. The largest absolute Gasteiger partial charge is 0.296 e. The van der Waals surface area contributed by atoms with Gasteiger partial charge in [0, 0.05) is 11.1 Å². The van der Waals surface area contributed by atoms with Crippen LogP contribution in [0, 0.1) is 13.8 Å². The Labute approximate surface area is 97.4 Å². The van der Waals surface area contributed by atoms with E-state index in [2.05, 4.69) is 15.3 Å². The van der Waals surface area contributed by atoms with Crippen LogP contribution in [0.3, 0.4) is 0 Å². The second-order valence-electron chi connectivity index (χ2n) is 3.41. The summed E-state index contributed by atoms with van der Waals surface area (Å²) in [5.41, 5.74) is 2.13. The van der Waals surface area contributed by atoms with Gasteiger partial charge in [0.25, 0.3) is 5.91 Å². The number of amides is 1. The van der Waals surface area contributed by atoms with Crippen LogP contribution in [0.2, 0.25) is 0 Å². The number of hydrogen-bond donors (Lipinski definition) is 1. The summed E-state index contributed by atoms with van der Waals surface area (Å²) in [5, 5.41) is 5.20. The highest BCUT2D eigenvalue weighted by atomic mass is 32.1. The monoisotopic (exact) mass is 233 g/mol. The van der Waals surface area contributed by atoms with Gasteiger partial charge in [0.2, 0.25) is 0 Å². The summed E-state index contributed by atoms with van der Waals surface area (Å²) < 4.78 is 0. The number of nitrogens with one attached hydrogen (secondary N) is 1. The maximum absolute atomic E-state index is 11.8. The lowest BCUT2D eigenvalue weighted by atomic mass is 10.3. The molecule has 0 atom stereocenters. The van der Waals surface area contributed by atoms with Gasteiger partial charge in [-0.2, -0.15) is 0 Å². The molecular formula is C11H11N3OS. The number of pyridine rings is 1. The first kappa shape index (κ1) is 10.8. The molecule has 2 aromatic rings. The quantitative estimate of drug-likeness (QED) is 0.866. The minimum Gasteiger partial charge on any atom is -0.296 e. The maximum Gasteiger partial charge on any atom is 0.276 e. The second-order valence-corrected chi connectivity index (χ2v) is 4.27. The first-order chi connectivity index (χ1) is 7.65. The standard InChI is InChI=1S/C11H11N3OS/c1-7-4-3-5-9(12-7)10(15)14-11-13-8(2)6-16-11/h3-6H,1-2H3,(H,13,14,15). The Morgan fingerprint density at radius 1 is 1.25 bits per heavy atom. The predicted molar refractivity (Wildman–Crippen MR) is 63.8 cm³/mol. The van der Waals surface area contributed by atoms with Crippen molar-refractivity contribution in [3.63, 3.8) is 0 Å². The Kier molecular flexibility index (Phi) is 2.96. The molecule has 0 aliphatic carbocycles. The SMILES string of the molecule is Cc1cccc(C(=O)Nc2nc(C)cs2)n1. The van der Waals surface area contributed by atoms with E-state index in [0.29, 0.717) is 10.8 Å². The molecule has 0 spiro atoms. The minimum absolute atomic E-state index is 0.224. The summed E-state index contributed by atoms with van der Waals surface area (Å²) in [6, 6.07) is 5.34. The molecule has 1 amide bonds. The molecule has 1 N–H and O–H groups in total. The lowest BCUT2D eigenvalue weighted by molar-refractivity contribution is 0.102. The zero-order valence-electron chi connectivity index (χ0n) is 9.02. The van der Waals surface area contributed by atoms with E-state index in [1.807, 2.05) is 31.4 Å². The van der Waals surface area contributed by atoms with Crippen molar-refractivity contribution in [2.45, 2.75) is 13.8 Å². The van der Waals surface area contributed by atoms with E-state index in [9.17, 15) is 4.79 Å². The molecule has 82 valence electrons. The number of thiazole rings is 1. The zero-order chi connectivity index (χ0) is 11.5. The molecule has 0 aliphatic heterocycles. The van der Waals surface area contributed by atoms with Crippen LogP contribution in [-0.2, 0) is 0 Å². The average Bonchev–Trinajstić information content (AvgIpc) is 2.64. The topological polar surface area (TPSA) is 54.9 Å². The molecule has 0 aliphatic rings. The van der Waals surface area contributed by atoms with Crippen molar-refractivity contribution in [2.75, 3.05) is 5.32 Å². The average molecular weight is 233 g/mol. The van der Waals surface area contributed by atoms with Gasteiger partial charge in [-0.05, 0) is 26.0 Å². The third-order valence-electron chi connectivity index (χ3n) is 1.96. The van der Waals surface area contributed by atoms with Crippen LogP contribution in [0.25, 0.3) is 0 Å². The number of nitrogens with zero attached hydrogens (tertiary/aromatic N) is 2. The van der Waals surface area contributed by atoms with E-state index in [1.165, 1.54) is 11.3 Å². The second kappa shape index (κ2) is 4.40. The highest BCUT2D eigenvalue weighted by Crippen LogP contribution is 2.15. The molecule has 0 bridgehead atoms. The minimum atomic E-state index is -0.224. The molecule has 0 radical (unpaired) electrons. The van der Waals surface area contributed by atoms with Crippen molar-refractivity contribution in [3.8, 4) is 0 Å². The summed E-state index contributed by atoms with van der Waals surface area (Å²) in [5.74, 6) is -0.224.